The number of carbonyl (C=O) groups is 1. The highest BCUT2D eigenvalue weighted by Crippen LogP contribution is 2.32. The van der Waals surface area contributed by atoms with Gasteiger partial charge in [-0.3, -0.25) is 4.79 Å². The van der Waals surface area contributed by atoms with Gasteiger partial charge in [0.2, 0.25) is 5.91 Å². The number of hydrogen-bond acceptors (Lipinski definition) is 5. The monoisotopic (exact) mass is 306 g/mol. The van der Waals surface area contributed by atoms with E-state index in [1.54, 1.807) is 6.26 Å². The second-order valence-corrected chi connectivity index (χ2v) is 6.27. The molecule has 0 aliphatic heterocycles. The van der Waals surface area contributed by atoms with Crippen molar-refractivity contribution in [1.29, 1.82) is 0 Å². The third-order valence-corrected chi connectivity index (χ3v) is 4.65. The molecule has 21 heavy (non-hydrogen) atoms. The standard InChI is InChI=1S/C14H18N4O2S/c1-9(10-5-6-10)15-12(19)8-21-14-17-16-13(18(14)2)11-4-3-7-20-11/h3-4,7,9-10H,5-6,8H2,1-2H3,(H,15,19)/t9-/m0/s1. The summed E-state index contributed by atoms with van der Waals surface area (Å²) in [5, 5.41) is 11.9. The van der Waals surface area contributed by atoms with Gasteiger partial charge in [-0.1, -0.05) is 11.8 Å². The van der Waals surface area contributed by atoms with E-state index in [1.165, 1.54) is 24.6 Å². The van der Waals surface area contributed by atoms with Crippen LogP contribution in [0.15, 0.2) is 28.0 Å². The first-order valence-electron chi connectivity index (χ1n) is 7.00. The molecule has 2 aromatic rings. The van der Waals surface area contributed by atoms with Crippen molar-refractivity contribution < 1.29 is 9.21 Å². The molecule has 1 fully saturated rings. The molecule has 0 saturated heterocycles. The first kappa shape index (κ1) is 14.2. The van der Waals surface area contributed by atoms with Gasteiger partial charge in [0.25, 0.3) is 0 Å². The summed E-state index contributed by atoms with van der Waals surface area (Å²) in [6.07, 6.45) is 4.05. The van der Waals surface area contributed by atoms with Gasteiger partial charge in [0.1, 0.15) is 0 Å². The smallest absolute Gasteiger partial charge is 0.230 e. The Kier molecular flexibility index (Phi) is 4.01. The Morgan fingerprint density at radius 3 is 3.05 bits per heavy atom. The Hall–Kier alpha value is -1.76. The molecule has 3 rings (SSSR count). The van der Waals surface area contributed by atoms with Crippen molar-refractivity contribution in [3.63, 3.8) is 0 Å². The molecule has 0 bridgehead atoms. The first-order chi connectivity index (χ1) is 10.1. The van der Waals surface area contributed by atoms with Gasteiger partial charge in [-0.15, -0.1) is 10.2 Å². The molecular weight excluding hydrogens is 288 g/mol. The van der Waals surface area contributed by atoms with Crippen LogP contribution in [0.1, 0.15) is 19.8 Å². The number of thioether (sulfide) groups is 1. The van der Waals surface area contributed by atoms with Gasteiger partial charge in [-0.2, -0.15) is 0 Å². The molecule has 7 heteroatoms. The lowest BCUT2D eigenvalue weighted by atomic mass is 10.2. The van der Waals surface area contributed by atoms with Gasteiger partial charge in [0.15, 0.2) is 16.7 Å². The van der Waals surface area contributed by atoms with Crippen molar-refractivity contribution in [2.75, 3.05) is 5.75 Å². The van der Waals surface area contributed by atoms with Crippen LogP contribution in [0.4, 0.5) is 0 Å². The van der Waals surface area contributed by atoms with Gasteiger partial charge in [-0.05, 0) is 37.8 Å². The van der Waals surface area contributed by atoms with Gasteiger partial charge in [0, 0.05) is 13.1 Å². The van der Waals surface area contributed by atoms with Crippen LogP contribution in [0.25, 0.3) is 11.6 Å². The quantitative estimate of drug-likeness (QED) is 0.827. The average Bonchev–Trinajstić information content (AvgIpc) is 3.06. The maximum absolute atomic E-state index is 11.9. The molecule has 1 aliphatic carbocycles. The highest BCUT2D eigenvalue weighted by molar-refractivity contribution is 7.99. The largest absolute Gasteiger partial charge is 0.461 e. The Labute approximate surface area is 127 Å². The molecule has 1 atom stereocenters. The van der Waals surface area contributed by atoms with E-state index in [0.29, 0.717) is 28.4 Å². The van der Waals surface area contributed by atoms with E-state index in [9.17, 15) is 4.79 Å². The van der Waals surface area contributed by atoms with Gasteiger partial charge in [0.05, 0.1) is 12.0 Å². The molecule has 1 aliphatic rings. The topological polar surface area (TPSA) is 73.0 Å². The van der Waals surface area contributed by atoms with Crippen molar-refractivity contribution in [1.82, 2.24) is 20.1 Å². The molecular formula is C14H18N4O2S. The zero-order valence-corrected chi connectivity index (χ0v) is 12.9. The summed E-state index contributed by atoms with van der Waals surface area (Å²) in [6, 6.07) is 3.92. The minimum Gasteiger partial charge on any atom is -0.461 e. The number of hydrogen-bond donors (Lipinski definition) is 1. The van der Waals surface area contributed by atoms with Crippen LogP contribution >= 0.6 is 11.8 Å². The number of amides is 1. The lowest BCUT2D eigenvalue weighted by Crippen LogP contribution is -2.35. The third-order valence-electron chi connectivity index (χ3n) is 3.63. The van der Waals surface area contributed by atoms with E-state index >= 15 is 0 Å². The summed E-state index contributed by atoms with van der Waals surface area (Å²) in [5.41, 5.74) is 0. The van der Waals surface area contributed by atoms with Crippen LogP contribution < -0.4 is 5.32 Å². The van der Waals surface area contributed by atoms with E-state index in [2.05, 4.69) is 22.4 Å². The van der Waals surface area contributed by atoms with Crippen molar-refractivity contribution in [2.24, 2.45) is 13.0 Å². The molecule has 1 amide bonds. The molecule has 1 N–H and O–H groups in total. The molecule has 2 aromatic heterocycles. The number of nitrogens with zero attached hydrogens (tertiary/aromatic N) is 3. The van der Waals surface area contributed by atoms with Crippen LogP contribution in [-0.2, 0) is 11.8 Å². The molecule has 6 nitrogen and oxygen atoms in total. The zero-order valence-electron chi connectivity index (χ0n) is 12.1. The Morgan fingerprint density at radius 1 is 1.57 bits per heavy atom. The third kappa shape index (κ3) is 3.29. The van der Waals surface area contributed by atoms with E-state index in [-0.39, 0.29) is 11.9 Å². The molecule has 2 heterocycles. The molecule has 1 saturated carbocycles. The summed E-state index contributed by atoms with van der Waals surface area (Å²) in [5.74, 6) is 2.39. The van der Waals surface area contributed by atoms with Crippen molar-refractivity contribution in [2.45, 2.75) is 31.0 Å². The van der Waals surface area contributed by atoms with Gasteiger partial charge < -0.3 is 14.3 Å². The van der Waals surface area contributed by atoms with Crippen molar-refractivity contribution in [3.8, 4) is 11.6 Å². The Bertz CT molecular complexity index is 619. The lowest BCUT2D eigenvalue weighted by Gasteiger charge is -2.12. The Morgan fingerprint density at radius 2 is 2.38 bits per heavy atom. The normalized spacial score (nSPS) is 15.9. The fourth-order valence-corrected chi connectivity index (χ4v) is 2.92. The van der Waals surface area contributed by atoms with Crippen LogP contribution in [0.5, 0.6) is 0 Å². The maximum atomic E-state index is 11.9. The summed E-state index contributed by atoms with van der Waals surface area (Å²) in [4.78, 5) is 11.9. The van der Waals surface area contributed by atoms with Crippen molar-refractivity contribution >= 4 is 17.7 Å². The first-order valence-corrected chi connectivity index (χ1v) is 7.99. The summed E-state index contributed by atoms with van der Waals surface area (Å²) < 4.78 is 7.15. The van der Waals surface area contributed by atoms with Crippen LogP contribution in [0.2, 0.25) is 0 Å². The van der Waals surface area contributed by atoms with Crippen LogP contribution in [-0.4, -0.2) is 32.5 Å². The molecule has 0 spiro atoms. The molecule has 0 radical (unpaired) electrons. The number of rotatable bonds is 6. The van der Waals surface area contributed by atoms with Crippen LogP contribution in [0.3, 0.4) is 0 Å². The predicted octanol–water partition coefficient (Wildman–Crippen LogP) is 2.08. The predicted molar refractivity (Wildman–Crippen MR) is 79.8 cm³/mol. The highest BCUT2D eigenvalue weighted by atomic mass is 32.2. The summed E-state index contributed by atoms with van der Waals surface area (Å²) in [7, 11) is 1.87. The number of carbonyl (C=O) groups excluding carboxylic acids is 1. The lowest BCUT2D eigenvalue weighted by molar-refractivity contribution is -0.119. The van der Waals surface area contributed by atoms with E-state index < -0.39 is 0 Å². The average molecular weight is 306 g/mol. The zero-order chi connectivity index (χ0) is 14.8. The summed E-state index contributed by atoms with van der Waals surface area (Å²) in [6.45, 7) is 2.07. The van der Waals surface area contributed by atoms with E-state index in [0.717, 1.165) is 0 Å². The fraction of sp³-hybridized carbons (Fsp3) is 0.500. The number of nitrogens with one attached hydrogen (secondary N) is 1. The van der Waals surface area contributed by atoms with Gasteiger partial charge >= 0.3 is 0 Å². The van der Waals surface area contributed by atoms with Crippen LogP contribution in [0, 0.1) is 5.92 Å². The Balaban J connectivity index is 1.57. The molecule has 112 valence electrons. The summed E-state index contributed by atoms with van der Waals surface area (Å²) >= 11 is 1.38. The minimum absolute atomic E-state index is 0.0435. The molecule has 0 aromatic carbocycles. The minimum atomic E-state index is 0.0435. The van der Waals surface area contributed by atoms with E-state index in [1.807, 2.05) is 23.7 Å². The highest BCUT2D eigenvalue weighted by Gasteiger charge is 2.28. The van der Waals surface area contributed by atoms with Gasteiger partial charge in [-0.25, -0.2) is 0 Å². The SMILES string of the molecule is C[C@H](NC(=O)CSc1nnc(-c2ccco2)n1C)C1CC1. The van der Waals surface area contributed by atoms with E-state index in [4.69, 9.17) is 4.42 Å². The maximum Gasteiger partial charge on any atom is 0.230 e. The van der Waals surface area contributed by atoms with Crippen molar-refractivity contribution in [3.05, 3.63) is 18.4 Å². The number of aromatic nitrogens is 3. The fourth-order valence-electron chi connectivity index (χ4n) is 2.20. The second kappa shape index (κ2) is 5.93. The molecule has 0 unspecified atom stereocenters. The second-order valence-electron chi connectivity index (χ2n) is 5.32. The number of furan rings is 1.